The van der Waals surface area contributed by atoms with Crippen LogP contribution in [-0.4, -0.2) is 57.1 Å². The largest absolute Gasteiger partial charge is 0.351 e. The molecule has 1 aromatic heterocycles. The Hall–Kier alpha value is -2.38. The summed E-state index contributed by atoms with van der Waals surface area (Å²) in [6.45, 7) is 7.15. The molecule has 0 saturated heterocycles. The van der Waals surface area contributed by atoms with Gasteiger partial charge < -0.3 is 15.5 Å². The molecule has 8 heteroatoms. The van der Waals surface area contributed by atoms with Crippen molar-refractivity contribution in [3.05, 3.63) is 17.5 Å². The zero-order valence-electron chi connectivity index (χ0n) is 17.8. The second-order valence-corrected chi connectivity index (χ2v) is 8.37. The van der Waals surface area contributed by atoms with Gasteiger partial charge in [0.1, 0.15) is 11.2 Å². The zero-order chi connectivity index (χ0) is 21.0. The molecule has 1 aliphatic carbocycles. The molecule has 29 heavy (non-hydrogen) atoms. The van der Waals surface area contributed by atoms with Crippen molar-refractivity contribution in [2.24, 2.45) is 0 Å². The number of hydrogen-bond donors (Lipinski definition) is 2. The lowest BCUT2D eigenvalue weighted by Gasteiger charge is -2.43. The molecule has 0 radical (unpaired) electrons. The lowest BCUT2D eigenvalue weighted by atomic mass is 9.94. The Morgan fingerprint density at radius 1 is 1.24 bits per heavy atom. The van der Waals surface area contributed by atoms with E-state index in [9.17, 15) is 14.4 Å². The summed E-state index contributed by atoms with van der Waals surface area (Å²) in [4.78, 5) is 40.5. The molecule has 8 nitrogen and oxygen atoms in total. The van der Waals surface area contributed by atoms with E-state index in [4.69, 9.17) is 0 Å². The van der Waals surface area contributed by atoms with Gasteiger partial charge in [-0.3, -0.25) is 19.1 Å². The predicted octanol–water partition coefficient (Wildman–Crippen LogP) is 2.10. The van der Waals surface area contributed by atoms with Gasteiger partial charge in [-0.05, 0) is 32.6 Å². The third-order valence-corrected chi connectivity index (χ3v) is 5.97. The first-order chi connectivity index (χ1) is 13.9. The molecular weight excluding hydrogens is 370 g/mol. The van der Waals surface area contributed by atoms with E-state index in [1.165, 1.54) is 4.68 Å². The molecule has 2 N–H and O–H groups in total. The molecule has 1 atom stereocenters. The van der Waals surface area contributed by atoms with Crippen LogP contribution in [0.4, 0.5) is 0 Å². The SMILES string of the molecule is CCCCNC(=O)c1cc2n(n1)C[C@@](C)(C(=O)NC1CCCC1)N(CCC)C2=O. The number of unbranched alkanes of at least 4 members (excludes halogenated alkanes) is 1. The molecule has 1 aromatic rings. The average Bonchev–Trinajstić information content (AvgIpc) is 3.35. The molecule has 160 valence electrons. The van der Waals surface area contributed by atoms with Crippen molar-refractivity contribution in [2.45, 2.75) is 83.8 Å². The standard InChI is InChI=1S/C21H33N5O3/c1-4-6-11-22-18(27)16-13-17-19(28)25(12-5-2)21(3,14-26(17)24-16)20(29)23-15-9-7-8-10-15/h13,15H,4-12,14H2,1-3H3,(H,22,27)(H,23,29)/t21-/m0/s1. The minimum Gasteiger partial charge on any atom is -0.351 e. The Morgan fingerprint density at radius 3 is 2.62 bits per heavy atom. The first-order valence-electron chi connectivity index (χ1n) is 10.9. The zero-order valence-corrected chi connectivity index (χ0v) is 17.8. The molecule has 1 fully saturated rings. The van der Waals surface area contributed by atoms with E-state index in [1.807, 2.05) is 6.92 Å². The summed E-state index contributed by atoms with van der Waals surface area (Å²) in [7, 11) is 0. The minimum atomic E-state index is -1.02. The van der Waals surface area contributed by atoms with Crippen LogP contribution in [0.5, 0.6) is 0 Å². The summed E-state index contributed by atoms with van der Waals surface area (Å²) in [5.74, 6) is -0.670. The number of rotatable bonds is 8. The van der Waals surface area contributed by atoms with Crippen molar-refractivity contribution >= 4 is 17.7 Å². The van der Waals surface area contributed by atoms with E-state index in [-0.39, 0.29) is 36.0 Å². The number of amides is 3. The molecular formula is C21H33N5O3. The van der Waals surface area contributed by atoms with E-state index in [2.05, 4.69) is 22.7 Å². The summed E-state index contributed by atoms with van der Waals surface area (Å²) < 4.78 is 1.53. The first-order valence-corrected chi connectivity index (χ1v) is 10.9. The lowest BCUT2D eigenvalue weighted by Crippen LogP contribution is -2.65. The fourth-order valence-electron chi connectivity index (χ4n) is 4.21. The van der Waals surface area contributed by atoms with Crippen LogP contribution in [0.25, 0.3) is 0 Å². The quantitative estimate of drug-likeness (QED) is 0.650. The second kappa shape index (κ2) is 8.97. The second-order valence-electron chi connectivity index (χ2n) is 8.37. The number of carbonyl (C=O) groups is 3. The van der Waals surface area contributed by atoms with Gasteiger partial charge in [0.15, 0.2) is 5.69 Å². The van der Waals surface area contributed by atoms with E-state index in [0.29, 0.717) is 18.8 Å². The first kappa shape index (κ1) is 21.3. The van der Waals surface area contributed by atoms with Gasteiger partial charge in [-0.1, -0.05) is 33.1 Å². The number of hydrogen-bond acceptors (Lipinski definition) is 4. The Kier molecular flexibility index (Phi) is 6.59. The third kappa shape index (κ3) is 4.31. The monoisotopic (exact) mass is 403 g/mol. The number of fused-ring (bicyclic) bond motifs is 1. The fraction of sp³-hybridized carbons (Fsp3) is 0.714. The van der Waals surface area contributed by atoms with Crippen LogP contribution < -0.4 is 10.6 Å². The highest BCUT2D eigenvalue weighted by Crippen LogP contribution is 2.29. The molecule has 0 aromatic carbocycles. The van der Waals surface area contributed by atoms with Crippen LogP contribution >= 0.6 is 0 Å². The smallest absolute Gasteiger partial charge is 0.273 e. The van der Waals surface area contributed by atoms with Crippen molar-refractivity contribution in [3.63, 3.8) is 0 Å². The van der Waals surface area contributed by atoms with Crippen LogP contribution in [0, 0.1) is 0 Å². The maximum atomic E-state index is 13.2. The maximum absolute atomic E-state index is 13.2. The number of carbonyl (C=O) groups excluding carboxylic acids is 3. The molecule has 1 aliphatic heterocycles. The van der Waals surface area contributed by atoms with Crippen molar-refractivity contribution in [1.82, 2.24) is 25.3 Å². The summed E-state index contributed by atoms with van der Waals surface area (Å²) >= 11 is 0. The van der Waals surface area contributed by atoms with Crippen molar-refractivity contribution < 1.29 is 14.4 Å². The number of aromatic nitrogens is 2. The van der Waals surface area contributed by atoms with E-state index in [0.717, 1.165) is 44.9 Å². The Morgan fingerprint density at radius 2 is 1.97 bits per heavy atom. The highest BCUT2D eigenvalue weighted by Gasteiger charge is 2.48. The topological polar surface area (TPSA) is 96.3 Å². The lowest BCUT2D eigenvalue weighted by molar-refractivity contribution is -0.133. The highest BCUT2D eigenvalue weighted by atomic mass is 16.2. The molecule has 3 amide bonds. The minimum absolute atomic E-state index is 0.138. The van der Waals surface area contributed by atoms with Crippen LogP contribution in [0.15, 0.2) is 6.07 Å². The van der Waals surface area contributed by atoms with Gasteiger partial charge in [0.05, 0.1) is 6.54 Å². The van der Waals surface area contributed by atoms with E-state index < -0.39 is 5.54 Å². The summed E-state index contributed by atoms with van der Waals surface area (Å²) in [5, 5.41) is 10.3. The van der Waals surface area contributed by atoms with Gasteiger partial charge in [0.25, 0.3) is 11.8 Å². The van der Waals surface area contributed by atoms with E-state index >= 15 is 0 Å². The normalized spacial score (nSPS) is 21.9. The van der Waals surface area contributed by atoms with Crippen molar-refractivity contribution in [3.8, 4) is 0 Å². The van der Waals surface area contributed by atoms with Gasteiger partial charge in [-0.2, -0.15) is 5.10 Å². The summed E-state index contributed by atoms with van der Waals surface area (Å²) in [6, 6.07) is 1.72. The van der Waals surface area contributed by atoms with Gasteiger partial charge >= 0.3 is 0 Å². The van der Waals surface area contributed by atoms with Gasteiger partial charge in [0.2, 0.25) is 5.91 Å². The number of nitrogens with zero attached hydrogens (tertiary/aromatic N) is 3. The highest BCUT2D eigenvalue weighted by molar-refractivity contribution is 6.01. The molecule has 2 heterocycles. The van der Waals surface area contributed by atoms with Crippen LogP contribution in [0.2, 0.25) is 0 Å². The van der Waals surface area contributed by atoms with E-state index in [1.54, 1.807) is 17.9 Å². The number of nitrogens with one attached hydrogen (secondary N) is 2. The molecule has 0 spiro atoms. The van der Waals surface area contributed by atoms with Crippen LogP contribution in [0.3, 0.4) is 0 Å². The average molecular weight is 404 g/mol. The van der Waals surface area contributed by atoms with Gasteiger partial charge in [0, 0.05) is 25.2 Å². The molecule has 2 aliphatic rings. The van der Waals surface area contributed by atoms with Crippen molar-refractivity contribution in [1.29, 1.82) is 0 Å². The molecule has 0 unspecified atom stereocenters. The van der Waals surface area contributed by atoms with Gasteiger partial charge in [-0.25, -0.2) is 0 Å². The summed E-state index contributed by atoms with van der Waals surface area (Å²) in [6.07, 6.45) is 6.84. The molecule has 3 rings (SSSR count). The Balaban J connectivity index is 1.84. The fourth-order valence-corrected chi connectivity index (χ4v) is 4.21. The molecule has 1 saturated carbocycles. The molecule has 0 bridgehead atoms. The third-order valence-electron chi connectivity index (χ3n) is 5.97. The van der Waals surface area contributed by atoms with Crippen LogP contribution in [0.1, 0.15) is 86.7 Å². The van der Waals surface area contributed by atoms with Gasteiger partial charge in [-0.15, -0.1) is 0 Å². The van der Waals surface area contributed by atoms with Crippen LogP contribution in [-0.2, 0) is 11.3 Å². The Labute approximate surface area is 172 Å². The maximum Gasteiger partial charge on any atom is 0.273 e. The summed E-state index contributed by atoms with van der Waals surface area (Å²) in [5.41, 5.74) is -0.434. The predicted molar refractivity (Wildman–Crippen MR) is 110 cm³/mol. The van der Waals surface area contributed by atoms with Crippen molar-refractivity contribution in [2.75, 3.05) is 13.1 Å². The Bertz CT molecular complexity index is 768.